The molecule has 5 nitrogen and oxygen atoms in total. The van der Waals surface area contributed by atoms with Crippen molar-refractivity contribution in [3.8, 4) is 0 Å². The molecule has 1 rings (SSSR count). The van der Waals surface area contributed by atoms with Crippen LogP contribution in [0.25, 0.3) is 0 Å². The van der Waals surface area contributed by atoms with Gasteiger partial charge in [0.1, 0.15) is 0 Å². The maximum Gasteiger partial charge on any atom is 0.407 e. The van der Waals surface area contributed by atoms with E-state index in [1.807, 2.05) is 13.8 Å². The van der Waals surface area contributed by atoms with Crippen LogP contribution in [0.15, 0.2) is 0 Å². The van der Waals surface area contributed by atoms with Gasteiger partial charge in [0.2, 0.25) is 0 Å². The van der Waals surface area contributed by atoms with E-state index in [4.69, 9.17) is 4.74 Å². The van der Waals surface area contributed by atoms with Crippen molar-refractivity contribution in [3.63, 3.8) is 0 Å². The minimum atomic E-state index is -0.880. The van der Waals surface area contributed by atoms with Crippen LogP contribution < -0.4 is 5.32 Å². The molecule has 0 aromatic rings. The summed E-state index contributed by atoms with van der Waals surface area (Å²) in [5.41, 5.74) is -0.880. The Morgan fingerprint density at radius 3 is 2.67 bits per heavy atom. The van der Waals surface area contributed by atoms with Gasteiger partial charge in [0.05, 0.1) is 12.0 Å². The number of hydrogen-bond acceptors (Lipinski definition) is 3. The van der Waals surface area contributed by atoms with E-state index in [1.54, 1.807) is 6.92 Å². The van der Waals surface area contributed by atoms with Gasteiger partial charge in [-0.05, 0) is 25.7 Å². The first-order valence-electron chi connectivity index (χ1n) is 6.53. The zero-order valence-corrected chi connectivity index (χ0v) is 11.4. The van der Waals surface area contributed by atoms with Gasteiger partial charge in [-0.1, -0.05) is 26.7 Å². The Hall–Kier alpha value is -1.26. The molecule has 1 aliphatic rings. The van der Waals surface area contributed by atoms with E-state index in [1.165, 1.54) is 0 Å². The number of alkyl carbamates (subject to hydrolysis) is 1. The van der Waals surface area contributed by atoms with E-state index < -0.39 is 17.5 Å². The number of amides is 1. The van der Waals surface area contributed by atoms with Gasteiger partial charge in [0.15, 0.2) is 0 Å². The van der Waals surface area contributed by atoms with Gasteiger partial charge in [-0.15, -0.1) is 0 Å². The molecule has 1 amide bonds. The number of carbonyl (C=O) groups excluding carboxylic acids is 1. The third-order valence-electron chi connectivity index (χ3n) is 3.54. The first-order valence-corrected chi connectivity index (χ1v) is 6.53. The molecular formula is C13H23NO4. The molecule has 0 radical (unpaired) electrons. The standard InChI is InChI=1S/C13H23NO4/c1-9(2)8-18-12(17)14-10-6-4-5-7-13(10,3)11(15)16/h9-10H,4-8H2,1-3H3,(H,14,17)(H,15,16). The predicted molar refractivity (Wildman–Crippen MR) is 67.3 cm³/mol. The first-order chi connectivity index (χ1) is 8.36. The van der Waals surface area contributed by atoms with Gasteiger partial charge >= 0.3 is 12.1 Å². The number of hydrogen-bond donors (Lipinski definition) is 2. The van der Waals surface area contributed by atoms with Gasteiger partial charge in [-0.25, -0.2) is 4.79 Å². The molecule has 2 unspecified atom stereocenters. The highest BCUT2D eigenvalue weighted by Crippen LogP contribution is 2.36. The molecule has 2 N–H and O–H groups in total. The first kappa shape index (κ1) is 14.8. The second-order valence-electron chi connectivity index (χ2n) is 5.66. The largest absolute Gasteiger partial charge is 0.481 e. The van der Waals surface area contributed by atoms with Crippen molar-refractivity contribution >= 4 is 12.1 Å². The Labute approximate surface area is 108 Å². The van der Waals surface area contributed by atoms with Crippen LogP contribution >= 0.6 is 0 Å². The Kier molecular flexibility index (Phi) is 4.99. The molecule has 2 atom stereocenters. The highest BCUT2D eigenvalue weighted by atomic mass is 16.5. The highest BCUT2D eigenvalue weighted by molar-refractivity contribution is 5.77. The summed E-state index contributed by atoms with van der Waals surface area (Å²) in [4.78, 5) is 22.9. The molecule has 5 heteroatoms. The summed E-state index contributed by atoms with van der Waals surface area (Å²) in [5, 5.41) is 12.0. The lowest BCUT2D eigenvalue weighted by atomic mass is 9.72. The fourth-order valence-corrected chi connectivity index (χ4v) is 2.25. The van der Waals surface area contributed by atoms with Gasteiger partial charge in [-0.3, -0.25) is 4.79 Å². The average Bonchev–Trinajstić information content (AvgIpc) is 2.29. The maximum atomic E-state index is 11.6. The summed E-state index contributed by atoms with van der Waals surface area (Å²) in [5.74, 6) is -0.579. The van der Waals surface area contributed by atoms with E-state index in [-0.39, 0.29) is 12.0 Å². The van der Waals surface area contributed by atoms with Gasteiger partial charge in [0.25, 0.3) is 0 Å². The lowest BCUT2D eigenvalue weighted by Crippen LogP contribution is -2.52. The van der Waals surface area contributed by atoms with E-state index >= 15 is 0 Å². The Bertz CT molecular complexity index is 316. The molecule has 104 valence electrons. The smallest absolute Gasteiger partial charge is 0.407 e. The number of carboxylic acid groups (broad SMARTS) is 1. The van der Waals surface area contributed by atoms with Crippen LogP contribution in [0.5, 0.6) is 0 Å². The molecule has 0 saturated heterocycles. The molecule has 0 aromatic heterocycles. The fourth-order valence-electron chi connectivity index (χ4n) is 2.25. The SMILES string of the molecule is CC(C)COC(=O)NC1CCCCC1(C)C(=O)O. The number of rotatable bonds is 4. The Balaban J connectivity index is 2.57. The van der Waals surface area contributed by atoms with Gasteiger partial charge in [0, 0.05) is 6.04 Å². The van der Waals surface area contributed by atoms with Gasteiger partial charge in [-0.2, -0.15) is 0 Å². The summed E-state index contributed by atoms with van der Waals surface area (Å²) < 4.78 is 5.04. The molecule has 0 aliphatic heterocycles. The summed E-state index contributed by atoms with van der Waals surface area (Å²) in [6.45, 7) is 5.95. The number of aliphatic carboxylic acids is 1. The Morgan fingerprint density at radius 2 is 2.11 bits per heavy atom. The Morgan fingerprint density at radius 1 is 1.44 bits per heavy atom. The zero-order valence-electron chi connectivity index (χ0n) is 11.4. The molecule has 0 spiro atoms. The molecule has 1 aliphatic carbocycles. The van der Waals surface area contributed by atoms with E-state index in [0.717, 1.165) is 12.8 Å². The van der Waals surface area contributed by atoms with Crippen molar-refractivity contribution in [2.45, 2.75) is 52.5 Å². The van der Waals surface area contributed by atoms with Crippen LogP contribution in [0.2, 0.25) is 0 Å². The molecule has 0 aromatic carbocycles. The third kappa shape index (κ3) is 3.62. The molecule has 0 bridgehead atoms. The van der Waals surface area contributed by atoms with E-state index in [9.17, 15) is 14.7 Å². The molecule has 1 saturated carbocycles. The van der Waals surface area contributed by atoms with E-state index in [2.05, 4.69) is 5.32 Å². The molecule has 18 heavy (non-hydrogen) atoms. The quantitative estimate of drug-likeness (QED) is 0.811. The summed E-state index contributed by atoms with van der Waals surface area (Å²) >= 11 is 0. The third-order valence-corrected chi connectivity index (χ3v) is 3.54. The second kappa shape index (κ2) is 6.07. The van der Waals surface area contributed by atoms with Crippen molar-refractivity contribution in [1.29, 1.82) is 0 Å². The summed E-state index contributed by atoms with van der Waals surface area (Å²) in [6, 6.07) is -0.344. The fraction of sp³-hybridized carbons (Fsp3) is 0.846. The van der Waals surface area contributed by atoms with Crippen molar-refractivity contribution in [3.05, 3.63) is 0 Å². The number of nitrogens with one attached hydrogen (secondary N) is 1. The molecular weight excluding hydrogens is 234 g/mol. The number of carbonyl (C=O) groups is 2. The second-order valence-corrected chi connectivity index (χ2v) is 5.66. The van der Waals surface area contributed by atoms with Crippen molar-refractivity contribution in [2.24, 2.45) is 11.3 Å². The van der Waals surface area contributed by atoms with Crippen LogP contribution in [0.3, 0.4) is 0 Å². The van der Waals surface area contributed by atoms with Crippen LogP contribution in [0.4, 0.5) is 4.79 Å². The normalized spacial score (nSPS) is 27.9. The predicted octanol–water partition coefficient (Wildman–Crippen LogP) is 2.40. The summed E-state index contributed by atoms with van der Waals surface area (Å²) in [7, 11) is 0. The zero-order chi connectivity index (χ0) is 13.8. The van der Waals surface area contributed by atoms with Crippen LogP contribution in [-0.2, 0) is 9.53 Å². The van der Waals surface area contributed by atoms with Crippen LogP contribution in [0.1, 0.15) is 46.5 Å². The lowest BCUT2D eigenvalue weighted by Gasteiger charge is -2.37. The van der Waals surface area contributed by atoms with Crippen molar-refractivity contribution in [2.75, 3.05) is 6.61 Å². The van der Waals surface area contributed by atoms with Crippen LogP contribution in [-0.4, -0.2) is 29.8 Å². The van der Waals surface area contributed by atoms with Crippen molar-refractivity contribution < 1.29 is 19.4 Å². The lowest BCUT2D eigenvalue weighted by molar-refractivity contribution is -0.151. The summed E-state index contributed by atoms with van der Waals surface area (Å²) in [6.07, 6.45) is 2.61. The van der Waals surface area contributed by atoms with Crippen LogP contribution in [0, 0.1) is 11.3 Å². The minimum Gasteiger partial charge on any atom is -0.481 e. The maximum absolute atomic E-state index is 11.6. The topological polar surface area (TPSA) is 75.6 Å². The molecule has 0 heterocycles. The highest BCUT2D eigenvalue weighted by Gasteiger charge is 2.44. The van der Waals surface area contributed by atoms with Crippen molar-refractivity contribution in [1.82, 2.24) is 5.32 Å². The number of ether oxygens (including phenoxy) is 1. The average molecular weight is 257 g/mol. The minimum absolute atomic E-state index is 0.271. The van der Waals surface area contributed by atoms with Gasteiger partial charge < -0.3 is 15.2 Å². The van der Waals surface area contributed by atoms with E-state index in [0.29, 0.717) is 19.4 Å². The molecule has 1 fully saturated rings. The number of carboxylic acids is 1. The monoisotopic (exact) mass is 257 g/mol.